The lowest BCUT2D eigenvalue weighted by Crippen LogP contribution is -2.49. The Balaban J connectivity index is 2.57. The first-order chi connectivity index (χ1) is 8.62. The van der Waals surface area contributed by atoms with E-state index in [4.69, 9.17) is 5.73 Å². The number of nitrogens with zero attached hydrogens (tertiary/aromatic N) is 2. The molecular weight excluding hydrogens is 222 g/mol. The van der Waals surface area contributed by atoms with Crippen LogP contribution in [0, 0.1) is 0 Å². The molecule has 3 nitrogen and oxygen atoms in total. The van der Waals surface area contributed by atoms with Crippen molar-refractivity contribution in [2.45, 2.75) is 51.6 Å². The number of hydrogen-bond donors (Lipinski definition) is 1. The fourth-order valence-corrected chi connectivity index (χ4v) is 2.16. The maximum Gasteiger partial charge on any atom is 0.0304 e. The molecule has 0 fully saturated rings. The lowest BCUT2D eigenvalue weighted by atomic mass is 9.92. The molecular formula is C15H27N3. The Bertz CT molecular complexity index is 326. The molecule has 1 atom stereocenters. The zero-order chi connectivity index (χ0) is 13.4. The first-order valence-corrected chi connectivity index (χ1v) is 6.92. The Hall–Kier alpha value is -0.930. The molecule has 1 heterocycles. The first-order valence-electron chi connectivity index (χ1n) is 6.92. The third-order valence-corrected chi connectivity index (χ3v) is 3.85. The molecule has 0 saturated carbocycles. The summed E-state index contributed by atoms with van der Waals surface area (Å²) in [6.45, 7) is 6.14. The van der Waals surface area contributed by atoms with Gasteiger partial charge >= 0.3 is 0 Å². The predicted octanol–water partition coefficient (Wildman–Crippen LogP) is 2.81. The second kappa shape index (κ2) is 7.49. The summed E-state index contributed by atoms with van der Waals surface area (Å²) < 4.78 is 0. The van der Waals surface area contributed by atoms with Crippen LogP contribution in [0.4, 0.5) is 0 Å². The molecule has 0 bridgehead atoms. The molecule has 102 valence electrons. The number of hydrogen-bond acceptors (Lipinski definition) is 3. The van der Waals surface area contributed by atoms with Crippen LogP contribution in [-0.4, -0.2) is 29.0 Å². The molecule has 0 amide bonds. The van der Waals surface area contributed by atoms with Crippen LogP contribution in [0.2, 0.25) is 0 Å². The number of rotatable bonds is 8. The van der Waals surface area contributed by atoms with Crippen LogP contribution in [0.15, 0.2) is 24.5 Å². The second-order valence-corrected chi connectivity index (χ2v) is 5.37. The fraction of sp³-hybridized carbons (Fsp3) is 0.667. The summed E-state index contributed by atoms with van der Waals surface area (Å²) in [5, 5.41) is 0. The first kappa shape index (κ1) is 15.1. The third kappa shape index (κ3) is 4.39. The van der Waals surface area contributed by atoms with Crippen molar-refractivity contribution in [1.29, 1.82) is 0 Å². The van der Waals surface area contributed by atoms with Crippen LogP contribution in [-0.2, 0) is 6.54 Å². The number of pyridine rings is 1. The van der Waals surface area contributed by atoms with Gasteiger partial charge in [0.25, 0.3) is 0 Å². The average molecular weight is 249 g/mol. The molecule has 3 heteroatoms. The van der Waals surface area contributed by atoms with Gasteiger partial charge in [-0.25, -0.2) is 0 Å². The summed E-state index contributed by atoms with van der Waals surface area (Å²) >= 11 is 0. The minimum Gasteiger partial charge on any atom is -0.329 e. The molecule has 1 aromatic heterocycles. The van der Waals surface area contributed by atoms with Crippen LogP contribution >= 0.6 is 0 Å². The minimum absolute atomic E-state index is 0.0957. The van der Waals surface area contributed by atoms with Gasteiger partial charge in [-0.15, -0.1) is 0 Å². The van der Waals surface area contributed by atoms with Crippen LogP contribution < -0.4 is 5.73 Å². The van der Waals surface area contributed by atoms with Crippen LogP contribution in [0.3, 0.4) is 0 Å². The van der Waals surface area contributed by atoms with Gasteiger partial charge in [0, 0.05) is 31.0 Å². The molecule has 0 aliphatic rings. The fourth-order valence-electron chi connectivity index (χ4n) is 2.16. The monoisotopic (exact) mass is 249 g/mol. The summed E-state index contributed by atoms with van der Waals surface area (Å²) in [6, 6.07) is 4.14. The molecule has 0 aromatic carbocycles. The van der Waals surface area contributed by atoms with E-state index in [9.17, 15) is 0 Å². The van der Waals surface area contributed by atoms with Crippen LogP contribution in [0.25, 0.3) is 0 Å². The summed E-state index contributed by atoms with van der Waals surface area (Å²) in [5.41, 5.74) is 7.38. The molecule has 0 spiro atoms. The second-order valence-electron chi connectivity index (χ2n) is 5.37. The molecule has 0 aliphatic carbocycles. The Morgan fingerprint density at radius 1 is 1.28 bits per heavy atom. The van der Waals surface area contributed by atoms with Gasteiger partial charge in [-0.2, -0.15) is 0 Å². The zero-order valence-electron chi connectivity index (χ0n) is 12.0. The van der Waals surface area contributed by atoms with E-state index in [1.807, 2.05) is 12.4 Å². The van der Waals surface area contributed by atoms with Gasteiger partial charge in [-0.05, 0) is 38.1 Å². The quantitative estimate of drug-likeness (QED) is 0.720. The predicted molar refractivity (Wildman–Crippen MR) is 77.3 cm³/mol. The zero-order valence-corrected chi connectivity index (χ0v) is 12.0. The number of nitrogens with two attached hydrogens (primary N) is 1. The van der Waals surface area contributed by atoms with Crippen molar-refractivity contribution in [1.82, 2.24) is 9.88 Å². The van der Waals surface area contributed by atoms with E-state index >= 15 is 0 Å². The highest BCUT2D eigenvalue weighted by Gasteiger charge is 2.26. The standard InChI is InChI=1S/C15H27N3/c1-4-5-6-9-15(2,13-16)18(3)12-14-7-10-17-11-8-14/h7-8,10-11H,4-6,9,12-13,16H2,1-3H3. The molecule has 0 saturated heterocycles. The van der Waals surface area contributed by atoms with Crippen molar-refractivity contribution in [3.05, 3.63) is 30.1 Å². The highest BCUT2D eigenvalue weighted by Crippen LogP contribution is 2.22. The lowest BCUT2D eigenvalue weighted by Gasteiger charge is -2.38. The molecule has 0 radical (unpaired) electrons. The van der Waals surface area contributed by atoms with E-state index in [1.165, 1.54) is 31.2 Å². The Morgan fingerprint density at radius 3 is 2.50 bits per heavy atom. The van der Waals surface area contributed by atoms with E-state index in [-0.39, 0.29) is 5.54 Å². The molecule has 18 heavy (non-hydrogen) atoms. The topological polar surface area (TPSA) is 42.1 Å². The van der Waals surface area contributed by atoms with Crippen molar-refractivity contribution < 1.29 is 0 Å². The Labute approximate surface area is 111 Å². The third-order valence-electron chi connectivity index (χ3n) is 3.85. The summed E-state index contributed by atoms with van der Waals surface area (Å²) in [7, 11) is 2.17. The lowest BCUT2D eigenvalue weighted by molar-refractivity contribution is 0.123. The molecule has 1 aromatic rings. The van der Waals surface area contributed by atoms with E-state index < -0.39 is 0 Å². The highest BCUT2D eigenvalue weighted by atomic mass is 15.2. The van der Waals surface area contributed by atoms with Gasteiger partial charge in [-0.3, -0.25) is 9.88 Å². The SMILES string of the molecule is CCCCCC(C)(CN)N(C)Cc1ccncc1. The summed E-state index contributed by atoms with van der Waals surface area (Å²) in [5.74, 6) is 0. The smallest absolute Gasteiger partial charge is 0.0304 e. The molecule has 1 rings (SSSR count). The maximum absolute atomic E-state index is 5.99. The van der Waals surface area contributed by atoms with Gasteiger partial charge < -0.3 is 5.73 Å². The van der Waals surface area contributed by atoms with E-state index in [0.717, 1.165) is 6.54 Å². The average Bonchev–Trinajstić information content (AvgIpc) is 2.40. The van der Waals surface area contributed by atoms with Gasteiger partial charge in [0.05, 0.1) is 0 Å². The van der Waals surface area contributed by atoms with Crippen molar-refractivity contribution >= 4 is 0 Å². The Kier molecular flexibility index (Phi) is 6.30. The van der Waals surface area contributed by atoms with E-state index in [2.05, 4.69) is 42.9 Å². The van der Waals surface area contributed by atoms with Crippen molar-refractivity contribution in [2.24, 2.45) is 5.73 Å². The normalized spacial score (nSPS) is 14.7. The van der Waals surface area contributed by atoms with E-state index in [0.29, 0.717) is 6.54 Å². The number of aromatic nitrogens is 1. The van der Waals surface area contributed by atoms with Gasteiger partial charge in [0.15, 0.2) is 0 Å². The molecule has 2 N–H and O–H groups in total. The number of likely N-dealkylation sites (N-methyl/N-ethyl adjacent to an activating group) is 1. The molecule has 1 unspecified atom stereocenters. The highest BCUT2D eigenvalue weighted by molar-refractivity contribution is 5.10. The van der Waals surface area contributed by atoms with Gasteiger partial charge in [-0.1, -0.05) is 26.2 Å². The van der Waals surface area contributed by atoms with E-state index in [1.54, 1.807) is 0 Å². The van der Waals surface area contributed by atoms with Gasteiger partial charge in [0.2, 0.25) is 0 Å². The van der Waals surface area contributed by atoms with Crippen LogP contribution in [0.1, 0.15) is 45.1 Å². The van der Waals surface area contributed by atoms with Crippen molar-refractivity contribution in [2.75, 3.05) is 13.6 Å². The van der Waals surface area contributed by atoms with Crippen molar-refractivity contribution in [3.8, 4) is 0 Å². The number of unbranched alkanes of at least 4 members (excludes halogenated alkanes) is 2. The van der Waals surface area contributed by atoms with Gasteiger partial charge in [0.1, 0.15) is 0 Å². The molecule has 0 aliphatic heterocycles. The minimum atomic E-state index is 0.0957. The maximum atomic E-state index is 5.99. The summed E-state index contributed by atoms with van der Waals surface area (Å²) in [4.78, 5) is 6.43. The largest absolute Gasteiger partial charge is 0.329 e. The van der Waals surface area contributed by atoms with Crippen LogP contribution in [0.5, 0.6) is 0 Å². The van der Waals surface area contributed by atoms with Crippen molar-refractivity contribution in [3.63, 3.8) is 0 Å². The summed E-state index contributed by atoms with van der Waals surface area (Å²) in [6.07, 6.45) is 8.66. The Morgan fingerprint density at radius 2 is 1.94 bits per heavy atom.